The highest BCUT2D eigenvalue weighted by molar-refractivity contribution is 7.89. The summed E-state index contributed by atoms with van der Waals surface area (Å²) in [6.07, 6.45) is -4.22. The molecule has 1 N–H and O–H groups in total. The first-order valence-corrected chi connectivity index (χ1v) is 14.5. The maximum absolute atomic E-state index is 13.8. The summed E-state index contributed by atoms with van der Waals surface area (Å²) in [5.74, 6) is -0.300. The lowest BCUT2D eigenvalue weighted by Gasteiger charge is -2.39. The SMILES string of the molecule is CC.CNC(=O)c1ccc(CN(C2CCCN(C(=O)OC(C)(C)C)C2)S(=O)(=O)c2ccc(C(F)(F)F)cc2)cc1. The second-order valence-electron chi connectivity index (χ2n) is 10.1. The Morgan fingerprint density at radius 1 is 1.02 bits per heavy atom. The number of amides is 2. The first-order chi connectivity index (χ1) is 18.6. The second kappa shape index (κ2) is 13.5. The molecular weight excluding hydrogens is 547 g/mol. The van der Waals surface area contributed by atoms with Crippen molar-refractivity contribution in [3.8, 4) is 0 Å². The van der Waals surface area contributed by atoms with Crippen LogP contribution in [0, 0.1) is 0 Å². The van der Waals surface area contributed by atoms with Crippen LogP contribution in [0.5, 0.6) is 0 Å². The molecule has 1 unspecified atom stereocenters. The minimum Gasteiger partial charge on any atom is -0.444 e. The lowest BCUT2D eigenvalue weighted by molar-refractivity contribution is -0.137. The van der Waals surface area contributed by atoms with Crippen LogP contribution in [0.3, 0.4) is 0 Å². The summed E-state index contributed by atoms with van der Waals surface area (Å²) in [7, 11) is -2.77. The predicted octanol–water partition coefficient (Wildman–Crippen LogP) is 5.68. The summed E-state index contributed by atoms with van der Waals surface area (Å²) < 4.78 is 73.4. The molecule has 12 heteroatoms. The fourth-order valence-electron chi connectivity index (χ4n) is 4.13. The van der Waals surface area contributed by atoms with Crippen molar-refractivity contribution in [3.63, 3.8) is 0 Å². The number of hydrogen-bond donors (Lipinski definition) is 1. The van der Waals surface area contributed by atoms with Crippen LogP contribution in [-0.4, -0.2) is 61.4 Å². The van der Waals surface area contributed by atoms with Crippen molar-refractivity contribution in [3.05, 3.63) is 65.2 Å². The minimum atomic E-state index is -4.61. The highest BCUT2D eigenvalue weighted by atomic mass is 32.2. The number of nitrogens with zero attached hydrogens (tertiary/aromatic N) is 2. The van der Waals surface area contributed by atoms with E-state index in [1.54, 1.807) is 45.0 Å². The number of sulfonamides is 1. The summed E-state index contributed by atoms with van der Waals surface area (Å²) in [6.45, 7) is 9.54. The van der Waals surface area contributed by atoms with Crippen molar-refractivity contribution in [2.24, 2.45) is 0 Å². The number of piperidine rings is 1. The van der Waals surface area contributed by atoms with E-state index in [0.29, 0.717) is 30.5 Å². The molecule has 2 aromatic carbocycles. The molecule has 1 heterocycles. The zero-order valence-corrected chi connectivity index (χ0v) is 24.5. The number of rotatable bonds is 6. The van der Waals surface area contributed by atoms with Gasteiger partial charge in [-0.05, 0) is 75.6 Å². The van der Waals surface area contributed by atoms with Crippen molar-refractivity contribution in [2.75, 3.05) is 20.1 Å². The highest BCUT2D eigenvalue weighted by Crippen LogP contribution is 2.32. The quantitative estimate of drug-likeness (QED) is 0.471. The Balaban J connectivity index is 0.00000274. The Labute approximate surface area is 234 Å². The molecule has 8 nitrogen and oxygen atoms in total. The van der Waals surface area contributed by atoms with E-state index in [-0.39, 0.29) is 23.9 Å². The molecule has 1 saturated heterocycles. The van der Waals surface area contributed by atoms with Crippen molar-refractivity contribution >= 4 is 22.0 Å². The number of carbonyl (C=O) groups excluding carboxylic acids is 2. The molecule has 222 valence electrons. The van der Waals surface area contributed by atoms with E-state index < -0.39 is 39.5 Å². The van der Waals surface area contributed by atoms with Gasteiger partial charge >= 0.3 is 12.3 Å². The van der Waals surface area contributed by atoms with E-state index in [2.05, 4.69) is 5.32 Å². The van der Waals surface area contributed by atoms with Gasteiger partial charge in [-0.1, -0.05) is 26.0 Å². The second-order valence-corrected chi connectivity index (χ2v) is 12.0. The normalized spacial score (nSPS) is 16.1. The monoisotopic (exact) mass is 585 g/mol. The van der Waals surface area contributed by atoms with E-state index >= 15 is 0 Å². The maximum atomic E-state index is 13.8. The van der Waals surface area contributed by atoms with Crippen LogP contribution >= 0.6 is 0 Å². The van der Waals surface area contributed by atoms with Gasteiger partial charge < -0.3 is 15.0 Å². The van der Waals surface area contributed by atoms with Gasteiger partial charge in [0.2, 0.25) is 10.0 Å². The largest absolute Gasteiger partial charge is 0.444 e. The van der Waals surface area contributed by atoms with E-state index in [1.165, 1.54) is 16.3 Å². The molecule has 0 aliphatic carbocycles. The first-order valence-electron chi connectivity index (χ1n) is 13.1. The third-order valence-electron chi connectivity index (χ3n) is 6.03. The van der Waals surface area contributed by atoms with Gasteiger partial charge in [0.25, 0.3) is 5.91 Å². The van der Waals surface area contributed by atoms with E-state index in [9.17, 15) is 31.2 Å². The molecule has 1 aliphatic rings. The van der Waals surface area contributed by atoms with Gasteiger partial charge in [-0.3, -0.25) is 4.79 Å². The third kappa shape index (κ3) is 8.69. The van der Waals surface area contributed by atoms with Crippen molar-refractivity contribution < 1.29 is 35.9 Å². The number of likely N-dealkylation sites (tertiary alicyclic amines) is 1. The Bertz CT molecular complexity index is 1240. The number of benzene rings is 2. The topological polar surface area (TPSA) is 96.0 Å². The molecule has 1 fully saturated rings. The van der Waals surface area contributed by atoms with Crippen LogP contribution in [0.1, 0.15) is 68.9 Å². The smallest absolute Gasteiger partial charge is 0.416 e. The molecule has 0 bridgehead atoms. The Morgan fingerprint density at radius 2 is 1.60 bits per heavy atom. The summed E-state index contributed by atoms with van der Waals surface area (Å²) in [6, 6.07) is 9.05. The van der Waals surface area contributed by atoms with Gasteiger partial charge in [0.05, 0.1) is 10.5 Å². The van der Waals surface area contributed by atoms with Crippen molar-refractivity contribution in [1.29, 1.82) is 0 Å². The maximum Gasteiger partial charge on any atom is 0.416 e. The summed E-state index contributed by atoms with van der Waals surface area (Å²) >= 11 is 0. The Kier molecular flexibility index (Phi) is 11.2. The molecule has 3 rings (SSSR count). The number of nitrogens with one attached hydrogen (secondary N) is 1. The van der Waals surface area contributed by atoms with Gasteiger partial charge in [0.1, 0.15) is 5.60 Å². The molecule has 1 atom stereocenters. The zero-order chi connectivity index (χ0) is 30.3. The molecule has 1 aliphatic heterocycles. The number of carbonyl (C=O) groups is 2. The van der Waals surface area contributed by atoms with Crippen LogP contribution in [0.15, 0.2) is 53.4 Å². The summed E-state index contributed by atoms with van der Waals surface area (Å²) in [5.41, 5.74) is -0.728. The van der Waals surface area contributed by atoms with Crippen molar-refractivity contribution in [1.82, 2.24) is 14.5 Å². The fraction of sp³-hybridized carbons (Fsp3) is 0.500. The van der Waals surface area contributed by atoms with Gasteiger partial charge in [-0.15, -0.1) is 0 Å². The molecule has 0 spiro atoms. The minimum absolute atomic E-state index is 0.0606. The molecule has 40 heavy (non-hydrogen) atoms. The third-order valence-corrected chi connectivity index (χ3v) is 7.94. The lowest BCUT2D eigenvalue weighted by atomic mass is 10.1. The molecule has 0 radical (unpaired) electrons. The number of alkyl halides is 3. The molecule has 0 saturated carbocycles. The molecule has 2 aromatic rings. The van der Waals surface area contributed by atoms with Crippen LogP contribution < -0.4 is 5.32 Å². The number of halogens is 3. The Morgan fingerprint density at radius 3 is 2.10 bits per heavy atom. The number of ether oxygens (including phenoxy) is 1. The van der Waals surface area contributed by atoms with Gasteiger partial charge in [-0.25, -0.2) is 13.2 Å². The summed E-state index contributed by atoms with van der Waals surface area (Å²) in [4.78, 5) is 25.8. The van der Waals surface area contributed by atoms with E-state index in [0.717, 1.165) is 24.3 Å². The molecular formula is C28H38F3N3O5S. The average molecular weight is 586 g/mol. The Hall–Kier alpha value is -3.12. The number of hydrogen-bond acceptors (Lipinski definition) is 5. The predicted molar refractivity (Wildman–Crippen MR) is 146 cm³/mol. The zero-order valence-electron chi connectivity index (χ0n) is 23.7. The van der Waals surface area contributed by atoms with Gasteiger partial charge in [0, 0.05) is 38.3 Å². The van der Waals surface area contributed by atoms with E-state index in [4.69, 9.17) is 4.74 Å². The fourth-order valence-corrected chi connectivity index (χ4v) is 5.76. The van der Waals surface area contributed by atoms with Gasteiger partial charge in [0.15, 0.2) is 0 Å². The van der Waals surface area contributed by atoms with Crippen LogP contribution in [-0.2, 0) is 27.5 Å². The molecule has 0 aromatic heterocycles. The highest BCUT2D eigenvalue weighted by Gasteiger charge is 2.37. The first kappa shape index (κ1) is 33.1. The lowest BCUT2D eigenvalue weighted by Crippen LogP contribution is -2.52. The van der Waals surface area contributed by atoms with Crippen LogP contribution in [0.25, 0.3) is 0 Å². The average Bonchev–Trinajstić information content (AvgIpc) is 2.91. The standard InChI is InChI=1S/C26H32F3N3O5S.C2H6/c1-25(2,3)37-24(34)31-15-5-6-21(17-31)32(16-18-7-9-19(10-8-18)23(33)30-4)38(35,36)22-13-11-20(12-14-22)26(27,28)29;1-2/h7-14,21H,5-6,15-17H2,1-4H3,(H,30,33);1-2H3. The van der Waals surface area contributed by atoms with E-state index in [1.807, 2.05) is 13.8 Å². The summed E-state index contributed by atoms with van der Waals surface area (Å²) in [5, 5.41) is 2.51. The van der Waals surface area contributed by atoms with Crippen LogP contribution in [0.2, 0.25) is 0 Å². The van der Waals surface area contributed by atoms with Crippen molar-refractivity contribution in [2.45, 2.75) is 76.7 Å². The van der Waals surface area contributed by atoms with Gasteiger partial charge in [-0.2, -0.15) is 17.5 Å². The van der Waals surface area contributed by atoms with Crippen LogP contribution in [0.4, 0.5) is 18.0 Å². The molecule has 2 amide bonds.